The second-order valence-electron chi connectivity index (χ2n) is 6.52. The lowest BCUT2D eigenvalue weighted by Crippen LogP contribution is -2.28. The summed E-state index contributed by atoms with van der Waals surface area (Å²) in [5.74, 6) is -0.233. The zero-order valence-electron chi connectivity index (χ0n) is 14.1. The number of aryl methyl sites for hydroxylation is 1. The molecule has 1 amide bonds. The van der Waals surface area contributed by atoms with Gasteiger partial charge < -0.3 is 15.5 Å². The van der Waals surface area contributed by atoms with Crippen LogP contribution in [0.15, 0.2) is 48.8 Å². The van der Waals surface area contributed by atoms with Crippen molar-refractivity contribution in [1.82, 2.24) is 10.3 Å². The number of benzene rings is 1. The first-order valence-corrected chi connectivity index (χ1v) is 8.03. The molecular formula is C19H24N2O3. The lowest BCUT2D eigenvalue weighted by Gasteiger charge is -2.17. The van der Waals surface area contributed by atoms with Crippen LogP contribution < -0.4 is 5.32 Å². The SMILES string of the molecule is CC(C)(O)CCc1cccc(C(=O)NC[C@@H](O)c2cccnc2)c1. The standard InChI is InChI=1S/C19H24N2O3/c1-19(2,24)9-8-14-5-3-6-15(11-14)18(23)21-13-17(22)16-7-4-10-20-12-16/h3-7,10-12,17,22,24H,8-9,13H2,1-2H3,(H,21,23)/t17-/m1/s1. The van der Waals surface area contributed by atoms with Gasteiger partial charge in [0.1, 0.15) is 0 Å². The Bertz CT molecular complexity index is 666. The fraction of sp³-hybridized carbons (Fsp3) is 0.368. The maximum absolute atomic E-state index is 12.2. The van der Waals surface area contributed by atoms with Gasteiger partial charge in [0.15, 0.2) is 0 Å². The molecule has 0 unspecified atom stereocenters. The van der Waals surface area contributed by atoms with Gasteiger partial charge in [-0.25, -0.2) is 0 Å². The van der Waals surface area contributed by atoms with Gasteiger partial charge in [0.05, 0.1) is 11.7 Å². The van der Waals surface area contributed by atoms with Crippen LogP contribution >= 0.6 is 0 Å². The fourth-order valence-electron chi connectivity index (χ4n) is 2.30. The molecule has 5 heteroatoms. The predicted octanol–water partition coefficient (Wildman–Crippen LogP) is 2.25. The van der Waals surface area contributed by atoms with Crippen molar-refractivity contribution >= 4 is 5.91 Å². The highest BCUT2D eigenvalue weighted by atomic mass is 16.3. The quantitative estimate of drug-likeness (QED) is 0.728. The van der Waals surface area contributed by atoms with E-state index in [2.05, 4.69) is 10.3 Å². The molecule has 0 aliphatic heterocycles. The number of carbonyl (C=O) groups is 1. The van der Waals surface area contributed by atoms with Gasteiger partial charge in [-0.15, -0.1) is 0 Å². The van der Waals surface area contributed by atoms with Crippen LogP contribution in [0.5, 0.6) is 0 Å². The summed E-state index contributed by atoms with van der Waals surface area (Å²) in [5, 5.41) is 22.6. The summed E-state index contributed by atoms with van der Waals surface area (Å²) in [6.07, 6.45) is 3.74. The van der Waals surface area contributed by atoms with E-state index in [1.54, 1.807) is 44.4 Å². The monoisotopic (exact) mass is 328 g/mol. The summed E-state index contributed by atoms with van der Waals surface area (Å²) in [6.45, 7) is 3.66. The topological polar surface area (TPSA) is 82.5 Å². The molecule has 1 aromatic carbocycles. The van der Waals surface area contributed by atoms with Crippen LogP contribution in [0.25, 0.3) is 0 Å². The van der Waals surface area contributed by atoms with E-state index in [4.69, 9.17) is 0 Å². The van der Waals surface area contributed by atoms with Gasteiger partial charge in [-0.1, -0.05) is 18.2 Å². The number of aliphatic hydroxyl groups is 2. The molecule has 0 saturated heterocycles. The molecule has 0 fully saturated rings. The van der Waals surface area contributed by atoms with Gasteiger partial charge in [-0.3, -0.25) is 9.78 Å². The molecule has 1 atom stereocenters. The van der Waals surface area contributed by atoms with Crippen LogP contribution in [-0.2, 0) is 6.42 Å². The number of rotatable bonds is 7. The second kappa shape index (κ2) is 8.04. The zero-order valence-corrected chi connectivity index (χ0v) is 14.1. The molecular weight excluding hydrogens is 304 g/mol. The van der Waals surface area contributed by atoms with Crippen LogP contribution in [0.1, 0.15) is 47.9 Å². The van der Waals surface area contributed by atoms with E-state index in [1.807, 2.05) is 18.2 Å². The van der Waals surface area contributed by atoms with E-state index >= 15 is 0 Å². The highest BCUT2D eigenvalue weighted by Gasteiger charge is 2.14. The largest absolute Gasteiger partial charge is 0.390 e. The Labute approximate surface area is 142 Å². The van der Waals surface area contributed by atoms with Gasteiger partial charge in [0.2, 0.25) is 0 Å². The number of carbonyl (C=O) groups excluding carboxylic acids is 1. The van der Waals surface area contributed by atoms with Crippen LogP contribution in [0.3, 0.4) is 0 Å². The minimum absolute atomic E-state index is 0.123. The summed E-state index contributed by atoms with van der Waals surface area (Å²) >= 11 is 0. The summed E-state index contributed by atoms with van der Waals surface area (Å²) in [5.41, 5.74) is 1.47. The molecule has 2 rings (SSSR count). The summed E-state index contributed by atoms with van der Waals surface area (Å²) in [6, 6.07) is 10.8. The molecule has 0 bridgehead atoms. The minimum Gasteiger partial charge on any atom is -0.390 e. The Morgan fingerprint density at radius 2 is 2.08 bits per heavy atom. The number of pyridine rings is 1. The van der Waals surface area contributed by atoms with E-state index in [1.165, 1.54) is 0 Å². The molecule has 2 aromatic rings. The van der Waals surface area contributed by atoms with Gasteiger partial charge in [0.25, 0.3) is 5.91 Å². The van der Waals surface area contributed by atoms with Crippen molar-refractivity contribution in [2.45, 2.75) is 38.4 Å². The van der Waals surface area contributed by atoms with E-state index in [0.29, 0.717) is 24.0 Å². The summed E-state index contributed by atoms with van der Waals surface area (Å²) in [7, 11) is 0. The highest BCUT2D eigenvalue weighted by Crippen LogP contribution is 2.15. The Morgan fingerprint density at radius 3 is 2.75 bits per heavy atom. The Kier molecular flexibility index (Phi) is 6.06. The third-order valence-electron chi connectivity index (χ3n) is 3.74. The first-order valence-electron chi connectivity index (χ1n) is 8.03. The Hall–Kier alpha value is -2.24. The molecule has 0 saturated carbocycles. The van der Waals surface area contributed by atoms with Crippen LogP contribution in [0, 0.1) is 0 Å². The van der Waals surface area contributed by atoms with E-state index in [0.717, 1.165) is 5.56 Å². The lowest BCUT2D eigenvalue weighted by atomic mass is 9.98. The third kappa shape index (κ3) is 5.76. The van der Waals surface area contributed by atoms with E-state index < -0.39 is 11.7 Å². The first kappa shape index (κ1) is 18.1. The van der Waals surface area contributed by atoms with Crippen LogP contribution in [0.4, 0.5) is 0 Å². The molecule has 0 spiro atoms. The molecule has 24 heavy (non-hydrogen) atoms. The van der Waals surface area contributed by atoms with Crippen molar-refractivity contribution in [1.29, 1.82) is 0 Å². The first-order chi connectivity index (χ1) is 11.3. The maximum atomic E-state index is 12.2. The van der Waals surface area contributed by atoms with Crippen molar-refractivity contribution in [3.05, 3.63) is 65.5 Å². The Morgan fingerprint density at radius 1 is 1.29 bits per heavy atom. The predicted molar refractivity (Wildman–Crippen MR) is 92.6 cm³/mol. The average Bonchev–Trinajstić information content (AvgIpc) is 2.58. The van der Waals surface area contributed by atoms with Crippen LogP contribution in [0.2, 0.25) is 0 Å². The molecule has 128 valence electrons. The molecule has 1 aromatic heterocycles. The normalized spacial score (nSPS) is 12.7. The zero-order chi connectivity index (χ0) is 17.6. The van der Waals surface area contributed by atoms with Crippen molar-refractivity contribution in [2.75, 3.05) is 6.54 Å². The molecule has 5 nitrogen and oxygen atoms in total. The number of nitrogens with one attached hydrogen (secondary N) is 1. The third-order valence-corrected chi connectivity index (χ3v) is 3.74. The number of nitrogens with zero attached hydrogens (tertiary/aromatic N) is 1. The lowest BCUT2D eigenvalue weighted by molar-refractivity contribution is 0.0714. The molecule has 0 aliphatic rings. The van der Waals surface area contributed by atoms with Crippen molar-refractivity contribution < 1.29 is 15.0 Å². The molecule has 0 aliphatic carbocycles. The second-order valence-corrected chi connectivity index (χ2v) is 6.52. The van der Waals surface area contributed by atoms with Gasteiger partial charge in [-0.2, -0.15) is 0 Å². The number of aromatic nitrogens is 1. The van der Waals surface area contributed by atoms with E-state index in [-0.39, 0.29) is 12.5 Å². The van der Waals surface area contributed by atoms with Crippen molar-refractivity contribution in [2.24, 2.45) is 0 Å². The smallest absolute Gasteiger partial charge is 0.251 e. The number of aliphatic hydroxyl groups excluding tert-OH is 1. The molecule has 3 N–H and O–H groups in total. The maximum Gasteiger partial charge on any atom is 0.251 e. The highest BCUT2D eigenvalue weighted by molar-refractivity contribution is 5.94. The van der Waals surface area contributed by atoms with Crippen molar-refractivity contribution in [3.8, 4) is 0 Å². The minimum atomic E-state index is -0.791. The molecule has 1 heterocycles. The number of hydrogen-bond donors (Lipinski definition) is 3. The number of hydrogen-bond acceptors (Lipinski definition) is 4. The molecule has 0 radical (unpaired) electrons. The fourth-order valence-corrected chi connectivity index (χ4v) is 2.30. The number of amides is 1. The van der Waals surface area contributed by atoms with E-state index in [9.17, 15) is 15.0 Å². The van der Waals surface area contributed by atoms with Gasteiger partial charge in [0, 0.05) is 30.1 Å². The van der Waals surface area contributed by atoms with Crippen LogP contribution in [-0.4, -0.2) is 33.3 Å². The Balaban J connectivity index is 1.92. The average molecular weight is 328 g/mol. The summed E-state index contributed by atoms with van der Waals surface area (Å²) in [4.78, 5) is 16.2. The summed E-state index contributed by atoms with van der Waals surface area (Å²) < 4.78 is 0. The van der Waals surface area contributed by atoms with Gasteiger partial charge >= 0.3 is 0 Å². The van der Waals surface area contributed by atoms with Crippen molar-refractivity contribution in [3.63, 3.8) is 0 Å². The van der Waals surface area contributed by atoms with Gasteiger partial charge in [-0.05, 0) is 50.5 Å².